The number of ether oxygens (including phenoxy) is 2. The second kappa shape index (κ2) is 8.04. The van der Waals surface area contributed by atoms with E-state index in [1.54, 1.807) is 12.0 Å². The summed E-state index contributed by atoms with van der Waals surface area (Å²) >= 11 is 0. The molecule has 0 spiro atoms. The maximum atomic E-state index is 12.8. The van der Waals surface area contributed by atoms with Gasteiger partial charge in [-0.05, 0) is 35.7 Å². The molecule has 5 heteroatoms. The summed E-state index contributed by atoms with van der Waals surface area (Å²) in [6.07, 6.45) is 1.34. The summed E-state index contributed by atoms with van der Waals surface area (Å²) < 4.78 is 10.0. The number of methoxy groups -OCH3 is 2. The van der Waals surface area contributed by atoms with Crippen molar-refractivity contribution in [3.8, 4) is 5.75 Å². The van der Waals surface area contributed by atoms with Gasteiger partial charge in [0.1, 0.15) is 5.75 Å². The normalized spacial score (nSPS) is 15.5. The Morgan fingerprint density at radius 1 is 1.12 bits per heavy atom. The lowest BCUT2D eigenvalue weighted by atomic mass is 9.98. The van der Waals surface area contributed by atoms with Crippen LogP contribution in [0.4, 0.5) is 5.69 Å². The van der Waals surface area contributed by atoms with Gasteiger partial charge in [-0.2, -0.15) is 0 Å². The number of aryl methyl sites for hydroxylation is 1. The van der Waals surface area contributed by atoms with E-state index in [0.717, 1.165) is 22.6 Å². The Kier molecular flexibility index (Phi) is 5.56. The molecule has 0 aliphatic carbocycles. The average molecular weight is 353 g/mol. The second-order valence-electron chi connectivity index (χ2n) is 6.39. The van der Waals surface area contributed by atoms with Crippen molar-refractivity contribution in [2.75, 3.05) is 25.7 Å². The number of rotatable bonds is 6. The van der Waals surface area contributed by atoms with Crippen LogP contribution in [0.5, 0.6) is 5.75 Å². The maximum Gasteiger partial charge on any atom is 0.306 e. The van der Waals surface area contributed by atoms with Gasteiger partial charge < -0.3 is 14.4 Å². The van der Waals surface area contributed by atoms with E-state index >= 15 is 0 Å². The first kappa shape index (κ1) is 18.0. The quantitative estimate of drug-likeness (QED) is 0.748. The van der Waals surface area contributed by atoms with Gasteiger partial charge in [-0.15, -0.1) is 0 Å². The molecule has 5 nitrogen and oxygen atoms in total. The highest BCUT2D eigenvalue weighted by Gasteiger charge is 2.33. The zero-order chi connectivity index (χ0) is 18.5. The topological polar surface area (TPSA) is 55.8 Å². The molecule has 1 aliphatic heterocycles. The first-order valence-corrected chi connectivity index (χ1v) is 8.71. The number of anilines is 1. The van der Waals surface area contributed by atoms with E-state index < -0.39 is 0 Å². The van der Waals surface area contributed by atoms with Gasteiger partial charge in [-0.3, -0.25) is 9.59 Å². The van der Waals surface area contributed by atoms with E-state index in [2.05, 4.69) is 0 Å². The Balaban J connectivity index is 1.70. The summed E-state index contributed by atoms with van der Waals surface area (Å²) in [5, 5.41) is 0. The fourth-order valence-electron chi connectivity index (χ4n) is 3.41. The number of carbonyl (C=O) groups excluding carboxylic acids is 2. The first-order chi connectivity index (χ1) is 12.6. The van der Waals surface area contributed by atoms with Gasteiger partial charge in [0.05, 0.1) is 20.6 Å². The van der Waals surface area contributed by atoms with Crippen molar-refractivity contribution in [3.05, 3.63) is 59.7 Å². The molecule has 0 saturated heterocycles. The Morgan fingerprint density at radius 3 is 2.69 bits per heavy atom. The van der Waals surface area contributed by atoms with E-state index in [9.17, 15) is 9.59 Å². The zero-order valence-corrected chi connectivity index (χ0v) is 15.1. The van der Waals surface area contributed by atoms with Crippen molar-refractivity contribution in [2.24, 2.45) is 0 Å². The maximum absolute atomic E-state index is 12.8. The molecule has 3 rings (SSSR count). The molecule has 136 valence electrons. The zero-order valence-electron chi connectivity index (χ0n) is 15.1. The van der Waals surface area contributed by atoms with Gasteiger partial charge in [0.15, 0.2) is 0 Å². The van der Waals surface area contributed by atoms with Crippen molar-refractivity contribution in [1.82, 2.24) is 0 Å². The van der Waals surface area contributed by atoms with Gasteiger partial charge in [-0.1, -0.05) is 30.3 Å². The first-order valence-electron chi connectivity index (χ1n) is 8.71. The predicted octanol–water partition coefficient (Wildman–Crippen LogP) is 3.32. The third-order valence-corrected chi connectivity index (χ3v) is 4.77. The molecule has 2 aromatic carbocycles. The van der Waals surface area contributed by atoms with Crippen LogP contribution in [0.25, 0.3) is 0 Å². The monoisotopic (exact) mass is 353 g/mol. The molecule has 1 unspecified atom stereocenters. The summed E-state index contributed by atoms with van der Waals surface area (Å²) in [7, 11) is 3.02. The molecule has 0 fully saturated rings. The number of fused-ring (bicyclic) bond motifs is 1. The standard InChI is InChI=1S/C21H23NO4/c1-25-17-7-5-6-15(12-17)10-11-20(23)22-14-16(13-21(24)26-2)18-8-3-4-9-19(18)22/h3-9,12,16H,10-11,13-14H2,1-2H3. The largest absolute Gasteiger partial charge is 0.497 e. The highest BCUT2D eigenvalue weighted by molar-refractivity contribution is 5.96. The summed E-state index contributed by atoms with van der Waals surface area (Å²) in [5.74, 6) is 0.585. The predicted molar refractivity (Wildman–Crippen MR) is 99.5 cm³/mol. The van der Waals surface area contributed by atoms with E-state index in [4.69, 9.17) is 9.47 Å². The fraction of sp³-hybridized carbons (Fsp3) is 0.333. The summed E-state index contributed by atoms with van der Waals surface area (Å²) in [6.45, 7) is 0.519. The van der Waals surface area contributed by atoms with E-state index in [1.165, 1.54) is 7.11 Å². The van der Waals surface area contributed by atoms with E-state index in [1.807, 2.05) is 48.5 Å². The number of benzene rings is 2. The Hall–Kier alpha value is -2.82. The number of hydrogen-bond acceptors (Lipinski definition) is 4. The molecule has 0 N–H and O–H groups in total. The van der Waals surface area contributed by atoms with Crippen LogP contribution in [0.15, 0.2) is 48.5 Å². The smallest absolute Gasteiger partial charge is 0.306 e. The molecular weight excluding hydrogens is 330 g/mol. The number of hydrogen-bond donors (Lipinski definition) is 0. The molecular formula is C21H23NO4. The Labute approximate surface area is 153 Å². The lowest BCUT2D eigenvalue weighted by molar-refractivity contribution is -0.141. The van der Waals surface area contributed by atoms with Crippen molar-refractivity contribution in [3.63, 3.8) is 0 Å². The fourth-order valence-corrected chi connectivity index (χ4v) is 3.41. The van der Waals surface area contributed by atoms with Crippen molar-refractivity contribution >= 4 is 17.6 Å². The molecule has 0 radical (unpaired) electrons. The minimum atomic E-state index is -0.254. The molecule has 26 heavy (non-hydrogen) atoms. The molecule has 0 bridgehead atoms. The lowest BCUT2D eigenvalue weighted by Crippen LogP contribution is -2.30. The van der Waals surface area contributed by atoms with Gasteiger partial charge in [0.2, 0.25) is 5.91 Å². The molecule has 2 aromatic rings. The highest BCUT2D eigenvalue weighted by atomic mass is 16.5. The minimum absolute atomic E-state index is 0.0144. The highest BCUT2D eigenvalue weighted by Crippen LogP contribution is 2.38. The van der Waals surface area contributed by atoms with E-state index in [-0.39, 0.29) is 24.2 Å². The SMILES string of the molecule is COC(=O)CC1CN(C(=O)CCc2cccc(OC)c2)c2ccccc21. The van der Waals surface area contributed by atoms with Crippen LogP contribution < -0.4 is 9.64 Å². The molecule has 1 aliphatic rings. The number of amides is 1. The molecule has 1 heterocycles. The van der Waals surface area contributed by atoms with E-state index in [0.29, 0.717) is 19.4 Å². The van der Waals surface area contributed by atoms with Crippen LogP contribution in [-0.2, 0) is 20.7 Å². The molecule has 1 atom stereocenters. The van der Waals surface area contributed by atoms with Crippen LogP contribution in [0, 0.1) is 0 Å². The number of carbonyl (C=O) groups is 2. The van der Waals surface area contributed by atoms with Crippen LogP contribution in [-0.4, -0.2) is 32.6 Å². The molecule has 0 saturated carbocycles. The molecule has 1 amide bonds. The van der Waals surface area contributed by atoms with Crippen LogP contribution >= 0.6 is 0 Å². The lowest BCUT2D eigenvalue weighted by Gasteiger charge is -2.18. The van der Waals surface area contributed by atoms with Crippen molar-refractivity contribution in [1.29, 1.82) is 0 Å². The summed E-state index contributed by atoms with van der Waals surface area (Å²) in [5.41, 5.74) is 3.00. The van der Waals surface area contributed by atoms with Crippen molar-refractivity contribution < 1.29 is 19.1 Å². The van der Waals surface area contributed by atoms with Crippen LogP contribution in [0.3, 0.4) is 0 Å². The molecule has 0 aromatic heterocycles. The Morgan fingerprint density at radius 2 is 1.92 bits per heavy atom. The number of nitrogens with zero attached hydrogens (tertiary/aromatic N) is 1. The van der Waals surface area contributed by atoms with Gasteiger partial charge in [-0.25, -0.2) is 0 Å². The van der Waals surface area contributed by atoms with Crippen LogP contribution in [0.2, 0.25) is 0 Å². The minimum Gasteiger partial charge on any atom is -0.497 e. The Bertz CT molecular complexity index is 802. The second-order valence-corrected chi connectivity index (χ2v) is 6.39. The third kappa shape index (κ3) is 3.87. The van der Waals surface area contributed by atoms with Gasteiger partial charge in [0, 0.05) is 24.6 Å². The van der Waals surface area contributed by atoms with Gasteiger partial charge >= 0.3 is 5.97 Å². The summed E-state index contributed by atoms with van der Waals surface area (Å²) in [6, 6.07) is 15.5. The van der Waals surface area contributed by atoms with Gasteiger partial charge in [0.25, 0.3) is 0 Å². The summed E-state index contributed by atoms with van der Waals surface area (Å²) in [4.78, 5) is 26.3. The van der Waals surface area contributed by atoms with Crippen LogP contribution in [0.1, 0.15) is 29.9 Å². The third-order valence-electron chi connectivity index (χ3n) is 4.77. The average Bonchev–Trinajstić information content (AvgIpc) is 3.05. The van der Waals surface area contributed by atoms with Crippen molar-refractivity contribution in [2.45, 2.75) is 25.2 Å². The number of esters is 1. The number of para-hydroxylation sites is 1.